The zero-order valence-electron chi connectivity index (χ0n) is 13.8. The summed E-state index contributed by atoms with van der Waals surface area (Å²) in [5.41, 5.74) is 4.43. The quantitative estimate of drug-likeness (QED) is 0.469. The van der Waals surface area contributed by atoms with Crippen molar-refractivity contribution >= 4 is 23.1 Å². The number of thioether (sulfide) groups is 1. The topological polar surface area (TPSA) is 56.7 Å². The van der Waals surface area contributed by atoms with Crippen LogP contribution in [0.2, 0.25) is 0 Å². The molecule has 0 aliphatic heterocycles. The van der Waals surface area contributed by atoms with Gasteiger partial charge in [-0.2, -0.15) is 0 Å². The van der Waals surface area contributed by atoms with E-state index in [0.717, 1.165) is 27.2 Å². The van der Waals surface area contributed by atoms with Crippen molar-refractivity contribution < 1.29 is 4.52 Å². The van der Waals surface area contributed by atoms with Gasteiger partial charge in [0, 0.05) is 11.8 Å². The van der Waals surface area contributed by atoms with E-state index in [-0.39, 0.29) is 0 Å². The van der Waals surface area contributed by atoms with Crippen LogP contribution in [0.3, 0.4) is 0 Å². The van der Waals surface area contributed by atoms with Crippen LogP contribution in [-0.4, -0.2) is 19.9 Å². The molecule has 7 heteroatoms. The summed E-state index contributed by atoms with van der Waals surface area (Å²) in [4.78, 5) is 1.09. The Hall–Kier alpha value is -2.38. The molecule has 1 aromatic carbocycles. The molecule has 0 spiro atoms. The third-order valence-electron chi connectivity index (χ3n) is 3.80. The zero-order valence-corrected chi connectivity index (χ0v) is 15.5. The maximum absolute atomic E-state index is 5.43. The van der Waals surface area contributed by atoms with Gasteiger partial charge in [-0.3, -0.25) is 4.57 Å². The summed E-state index contributed by atoms with van der Waals surface area (Å²) >= 11 is 3.24. The number of aryl methyl sites for hydroxylation is 2. The minimum Gasteiger partial charge on any atom is -0.355 e. The lowest BCUT2D eigenvalue weighted by atomic mass is 10.1. The van der Waals surface area contributed by atoms with Crippen molar-refractivity contribution in [2.75, 3.05) is 0 Å². The van der Waals surface area contributed by atoms with E-state index in [4.69, 9.17) is 4.52 Å². The molecular weight excluding hydrogens is 352 g/mol. The van der Waals surface area contributed by atoms with Crippen molar-refractivity contribution in [3.63, 3.8) is 0 Å². The maximum atomic E-state index is 5.43. The fourth-order valence-electron chi connectivity index (χ4n) is 2.62. The number of hydrogen-bond acceptors (Lipinski definition) is 6. The molecule has 0 atom stereocenters. The van der Waals surface area contributed by atoms with Crippen LogP contribution in [0.1, 0.15) is 16.8 Å². The van der Waals surface area contributed by atoms with Crippen LogP contribution < -0.4 is 0 Å². The van der Waals surface area contributed by atoms with Gasteiger partial charge in [0.1, 0.15) is 6.33 Å². The molecule has 0 amide bonds. The Labute approximate surface area is 153 Å². The second-order valence-corrected chi connectivity index (χ2v) is 7.61. The van der Waals surface area contributed by atoms with Crippen molar-refractivity contribution in [2.24, 2.45) is 0 Å². The largest absolute Gasteiger partial charge is 0.355 e. The second-order valence-electron chi connectivity index (χ2n) is 5.72. The lowest BCUT2D eigenvalue weighted by Gasteiger charge is -2.09. The highest BCUT2D eigenvalue weighted by Crippen LogP contribution is 2.29. The Balaban J connectivity index is 1.52. The molecule has 25 heavy (non-hydrogen) atoms. The molecule has 0 unspecified atom stereocenters. The standard InChI is InChI=1S/C18H16N4OS2/c1-12-5-6-15(13(2)8-12)22-11-19-20-18(22)25-10-14-9-16(23-21-14)17-4-3-7-24-17/h3-9,11H,10H2,1-2H3. The van der Waals surface area contributed by atoms with Crippen molar-refractivity contribution in [1.82, 2.24) is 19.9 Å². The average Bonchev–Trinajstić information content (AvgIpc) is 3.34. The fourth-order valence-corrected chi connectivity index (χ4v) is 4.09. The molecule has 3 heterocycles. The van der Waals surface area contributed by atoms with Crippen LogP contribution in [0, 0.1) is 13.8 Å². The van der Waals surface area contributed by atoms with Gasteiger partial charge in [0.25, 0.3) is 0 Å². The van der Waals surface area contributed by atoms with Crippen LogP contribution in [-0.2, 0) is 5.75 Å². The normalized spacial score (nSPS) is 11.1. The molecule has 0 saturated heterocycles. The lowest BCUT2D eigenvalue weighted by molar-refractivity contribution is 0.427. The predicted octanol–water partition coefficient (Wildman–Crippen LogP) is 4.89. The molecule has 0 aliphatic rings. The Morgan fingerprint density at radius 1 is 1.20 bits per heavy atom. The highest BCUT2D eigenvalue weighted by Gasteiger charge is 2.12. The third kappa shape index (κ3) is 3.38. The van der Waals surface area contributed by atoms with E-state index in [0.29, 0.717) is 5.75 Å². The summed E-state index contributed by atoms with van der Waals surface area (Å²) in [5, 5.41) is 15.3. The van der Waals surface area contributed by atoms with E-state index >= 15 is 0 Å². The van der Waals surface area contributed by atoms with Crippen molar-refractivity contribution in [2.45, 2.75) is 24.8 Å². The van der Waals surface area contributed by atoms with Crippen LogP contribution in [0.15, 0.2) is 57.8 Å². The summed E-state index contributed by atoms with van der Waals surface area (Å²) in [6, 6.07) is 12.4. The van der Waals surface area contributed by atoms with Gasteiger partial charge in [-0.15, -0.1) is 21.5 Å². The number of benzene rings is 1. The molecule has 3 aromatic heterocycles. The minimum absolute atomic E-state index is 0.679. The first-order valence-electron chi connectivity index (χ1n) is 7.80. The molecule has 0 aliphatic carbocycles. The first-order chi connectivity index (χ1) is 12.2. The molecule has 4 rings (SSSR count). The molecule has 4 aromatic rings. The van der Waals surface area contributed by atoms with Gasteiger partial charge >= 0.3 is 0 Å². The van der Waals surface area contributed by atoms with Gasteiger partial charge in [0.2, 0.25) is 0 Å². The van der Waals surface area contributed by atoms with Crippen LogP contribution in [0.5, 0.6) is 0 Å². The van der Waals surface area contributed by atoms with Gasteiger partial charge in [0.15, 0.2) is 10.9 Å². The van der Waals surface area contributed by atoms with Crippen molar-refractivity contribution in [3.8, 4) is 16.3 Å². The van der Waals surface area contributed by atoms with Gasteiger partial charge in [-0.1, -0.05) is 40.7 Å². The van der Waals surface area contributed by atoms with Crippen LogP contribution in [0.25, 0.3) is 16.3 Å². The highest BCUT2D eigenvalue weighted by molar-refractivity contribution is 7.98. The van der Waals surface area contributed by atoms with E-state index in [9.17, 15) is 0 Å². The predicted molar refractivity (Wildman–Crippen MR) is 100 cm³/mol. The number of rotatable bonds is 5. The van der Waals surface area contributed by atoms with E-state index < -0.39 is 0 Å². The SMILES string of the molecule is Cc1ccc(-n2cnnc2SCc2cc(-c3cccs3)on2)c(C)c1. The second kappa shape index (κ2) is 6.85. The fraction of sp³-hybridized carbons (Fsp3) is 0.167. The summed E-state index contributed by atoms with van der Waals surface area (Å²) in [6.45, 7) is 4.19. The number of nitrogens with zero attached hydrogens (tertiary/aromatic N) is 4. The molecule has 0 N–H and O–H groups in total. The van der Waals surface area contributed by atoms with E-state index in [1.54, 1.807) is 29.4 Å². The van der Waals surface area contributed by atoms with Crippen molar-refractivity contribution in [1.29, 1.82) is 0 Å². The summed E-state index contributed by atoms with van der Waals surface area (Å²) in [7, 11) is 0. The molecule has 126 valence electrons. The Kier molecular flexibility index (Phi) is 4.42. The van der Waals surface area contributed by atoms with Gasteiger partial charge < -0.3 is 4.52 Å². The van der Waals surface area contributed by atoms with E-state index in [1.165, 1.54) is 11.1 Å². The average molecular weight is 368 g/mol. The number of aromatic nitrogens is 4. The first kappa shape index (κ1) is 16.1. The van der Waals surface area contributed by atoms with Crippen LogP contribution in [0.4, 0.5) is 0 Å². The lowest BCUT2D eigenvalue weighted by Crippen LogP contribution is -1.98. The van der Waals surface area contributed by atoms with Gasteiger partial charge in [-0.25, -0.2) is 0 Å². The summed E-state index contributed by atoms with van der Waals surface area (Å²) in [5.74, 6) is 1.49. The molecule has 0 radical (unpaired) electrons. The maximum Gasteiger partial charge on any atom is 0.196 e. The molecule has 5 nitrogen and oxygen atoms in total. The van der Waals surface area contributed by atoms with E-state index in [1.807, 2.05) is 28.1 Å². The molecular formula is C18H16N4OS2. The summed E-state index contributed by atoms with van der Waals surface area (Å²) < 4.78 is 7.44. The minimum atomic E-state index is 0.679. The zero-order chi connectivity index (χ0) is 17.2. The molecule has 0 bridgehead atoms. The number of thiophene rings is 1. The third-order valence-corrected chi connectivity index (χ3v) is 5.66. The Morgan fingerprint density at radius 3 is 2.92 bits per heavy atom. The summed E-state index contributed by atoms with van der Waals surface area (Å²) in [6.07, 6.45) is 1.75. The van der Waals surface area contributed by atoms with Gasteiger partial charge in [-0.05, 0) is 36.9 Å². The number of hydrogen-bond donors (Lipinski definition) is 0. The van der Waals surface area contributed by atoms with Crippen LogP contribution >= 0.6 is 23.1 Å². The molecule has 0 fully saturated rings. The smallest absolute Gasteiger partial charge is 0.196 e. The highest BCUT2D eigenvalue weighted by atomic mass is 32.2. The van der Waals surface area contributed by atoms with Crippen molar-refractivity contribution in [3.05, 3.63) is 64.9 Å². The van der Waals surface area contributed by atoms with Gasteiger partial charge in [0.05, 0.1) is 16.3 Å². The molecule has 0 saturated carbocycles. The monoisotopic (exact) mass is 368 g/mol. The first-order valence-corrected chi connectivity index (χ1v) is 9.67. The Morgan fingerprint density at radius 2 is 2.12 bits per heavy atom. The van der Waals surface area contributed by atoms with E-state index in [2.05, 4.69) is 47.4 Å². The Bertz CT molecular complexity index is 988.